The molecule has 0 aliphatic heterocycles. The molecule has 15 aromatic carbocycles. The van der Waals surface area contributed by atoms with Crippen molar-refractivity contribution in [1.29, 1.82) is 5.26 Å². The van der Waals surface area contributed by atoms with Gasteiger partial charge in [0.05, 0.1) is 83.8 Å². The molecule has 6 heteroatoms. The van der Waals surface area contributed by atoms with Gasteiger partial charge in [-0.05, 0) is 129 Å². The molecule has 0 unspecified atom stereocenters. The van der Waals surface area contributed by atoms with Crippen LogP contribution < -0.4 is 0 Å². The second-order valence-corrected chi connectivity index (χ2v) is 26.4. The lowest BCUT2D eigenvalue weighted by molar-refractivity contribution is 1.02. The number of fused-ring (bicyclic) bond motifs is 12. The number of para-hydroxylation sites is 4. The van der Waals surface area contributed by atoms with Crippen LogP contribution in [0.25, 0.3) is 188 Å². The van der Waals surface area contributed by atoms with Crippen molar-refractivity contribution >= 4 is 87.2 Å². The van der Waals surface area contributed by atoms with Gasteiger partial charge in [0.25, 0.3) is 0 Å². The van der Waals surface area contributed by atoms with E-state index in [1.807, 2.05) is 6.07 Å². The average Bonchev–Trinajstić information content (AvgIpc) is 1.44. The standard InChI is InChI=1S/C96H60N6/c97-61-81-91(76-51-52-82(66-35-15-5-16-36-66)98-92(76)67-37-17-6-18-38-67)94(100-84-44-24-20-40-73(84)78-58-69(48-54-88(78)100)63-29-9-2-10-30-63)96(102-86-46-26-22-42-75(86)80-60-71(50-56-90(80)102)65-33-13-4-14-34-65)95(101-85-45-25-21-41-74(85)79-59-70(49-55-89(79)101)64-31-11-3-12-32-64)93(81)99-83-43-23-19-39-72(83)77-57-68(47-53-87(77)99)62-27-7-1-8-28-62/h1-60H. The Morgan fingerprint density at radius 2 is 0.490 bits per heavy atom. The molecule has 0 spiro atoms. The number of hydrogen-bond donors (Lipinski definition) is 0. The summed E-state index contributed by atoms with van der Waals surface area (Å²) in [5, 5.41) is 22.2. The summed E-state index contributed by atoms with van der Waals surface area (Å²) < 4.78 is 9.98. The number of nitriles is 1. The molecule has 5 aromatic heterocycles. The molecule has 0 N–H and O–H groups in total. The van der Waals surface area contributed by atoms with Crippen LogP contribution in [0, 0.1) is 11.3 Å². The summed E-state index contributed by atoms with van der Waals surface area (Å²) in [6.07, 6.45) is 0. The summed E-state index contributed by atoms with van der Waals surface area (Å²) in [5.74, 6) is 0. The SMILES string of the molecule is N#Cc1c(-c2ccc(-c3ccccc3)nc2-c2ccccc2)c(-n2c3ccccc3c3cc(-c4ccccc4)ccc32)c(-n2c3ccccc3c3cc(-c4ccccc4)ccc32)c(-n2c3ccccc3c3cc(-c4ccccc4)ccc32)c1-n1c2ccccc2c2cc(-c3ccccc3)ccc21. The van der Waals surface area contributed by atoms with E-state index in [2.05, 4.69) is 382 Å². The number of benzene rings is 15. The van der Waals surface area contributed by atoms with Crippen molar-refractivity contribution in [2.75, 3.05) is 0 Å². The highest BCUT2D eigenvalue weighted by molar-refractivity contribution is 6.19. The Hall–Kier alpha value is -13.9. The molecule has 5 heterocycles. The van der Waals surface area contributed by atoms with Crippen molar-refractivity contribution in [3.63, 3.8) is 0 Å². The molecule has 0 saturated carbocycles. The molecule has 0 radical (unpaired) electrons. The van der Waals surface area contributed by atoms with E-state index in [0.717, 1.165) is 182 Å². The highest BCUT2D eigenvalue weighted by Crippen LogP contribution is 2.54. The van der Waals surface area contributed by atoms with Crippen LogP contribution in [0.15, 0.2) is 364 Å². The van der Waals surface area contributed by atoms with Gasteiger partial charge < -0.3 is 18.3 Å². The zero-order valence-corrected chi connectivity index (χ0v) is 55.3. The van der Waals surface area contributed by atoms with E-state index in [1.54, 1.807) is 0 Å². The fraction of sp³-hybridized carbons (Fsp3) is 0. The minimum Gasteiger partial charge on any atom is -0.306 e. The number of rotatable bonds is 11. The van der Waals surface area contributed by atoms with Crippen LogP contribution in [-0.2, 0) is 0 Å². The molecular weight excluding hydrogens is 1240 g/mol. The van der Waals surface area contributed by atoms with E-state index in [4.69, 9.17) is 4.98 Å². The first-order chi connectivity index (χ1) is 50.6. The van der Waals surface area contributed by atoms with Gasteiger partial charge in [-0.25, -0.2) is 4.98 Å². The molecule has 102 heavy (non-hydrogen) atoms. The molecule has 6 nitrogen and oxygen atoms in total. The Labute approximate surface area is 588 Å². The highest BCUT2D eigenvalue weighted by atomic mass is 15.1. The van der Waals surface area contributed by atoms with Crippen molar-refractivity contribution in [1.82, 2.24) is 23.3 Å². The van der Waals surface area contributed by atoms with Crippen molar-refractivity contribution in [3.05, 3.63) is 370 Å². The number of hydrogen-bond acceptors (Lipinski definition) is 2. The summed E-state index contributed by atoms with van der Waals surface area (Å²) in [5.41, 5.74) is 25.3. The molecule has 20 rings (SSSR count). The van der Waals surface area contributed by atoms with Gasteiger partial charge in [-0.15, -0.1) is 0 Å². The summed E-state index contributed by atoms with van der Waals surface area (Å²) in [6, 6.07) is 134. The molecule has 0 fully saturated rings. The molecule has 20 aromatic rings. The van der Waals surface area contributed by atoms with Gasteiger partial charge in [0, 0.05) is 65.3 Å². The second-order valence-electron chi connectivity index (χ2n) is 26.4. The van der Waals surface area contributed by atoms with Crippen LogP contribution in [-0.4, -0.2) is 23.3 Å². The van der Waals surface area contributed by atoms with Crippen molar-refractivity contribution in [2.45, 2.75) is 0 Å². The van der Waals surface area contributed by atoms with Gasteiger partial charge in [0.2, 0.25) is 0 Å². The monoisotopic (exact) mass is 1300 g/mol. The van der Waals surface area contributed by atoms with Gasteiger partial charge in [0.15, 0.2) is 0 Å². The molecule has 0 atom stereocenters. The highest BCUT2D eigenvalue weighted by Gasteiger charge is 2.37. The quantitative estimate of drug-likeness (QED) is 0.130. The zero-order valence-electron chi connectivity index (χ0n) is 55.3. The number of aromatic nitrogens is 5. The fourth-order valence-electron chi connectivity index (χ4n) is 16.3. The molecule has 474 valence electrons. The van der Waals surface area contributed by atoms with E-state index in [9.17, 15) is 5.26 Å². The number of nitrogens with zero attached hydrogens (tertiary/aromatic N) is 6. The first-order valence-electron chi connectivity index (χ1n) is 34.7. The maximum atomic E-state index is 13.6. The largest absolute Gasteiger partial charge is 0.306 e. The number of pyridine rings is 1. The third kappa shape index (κ3) is 9.16. The lowest BCUT2D eigenvalue weighted by atomic mass is 9.89. The Bertz CT molecular complexity index is 6780. The van der Waals surface area contributed by atoms with E-state index < -0.39 is 0 Å². The maximum absolute atomic E-state index is 13.6. The van der Waals surface area contributed by atoms with Crippen LogP contribution in [0.1, 0.15) is 5.56 Å². The Morgan fingerprint density at radius 1 is 0.216 bits per heavy atom. The van der Waals surface area contributed by atoms with Crippen LogP contribution in [0.3, 0.4) is 0 Å². The minimum absolute atomic E-state index is 0.468. The topological polar surface area (TPSA) is 56.4 Å². The van der Waals surface area contributed by atoms with E-state index in [0.29, 0.717) is 11.3 Å². The van der Waals surface area contributed by atoms with Gasteiger partial charge >= 0.3 is 0 Å². The minimum atomic E-state index is 0.468. The fourth-order valence-corrected chi connectivity index (χ4v) is 16.3. The summed E-state index contributed by atoms with van der Waals surface area (Å²) in [6.45, 7) is 0. The van der Waals surface area contributed by atoms with Gasteiger partial charge in [-0.2, -0.15) is 5.26 Å². The molecule has 0 aliphatic carbocycles. The average molecular weight is 1300 g/mol. The summed E-state index contributed by atoms with van der Waals surface area (Å²) >= 11 is 0. The van der Waals surface area contributed by atoms with E-state index in [1.165, 1.54) is 0 Å². The summed E-state index contributed by atoms with van der Waals surface area (Å²) in [4.78, 5) is 5.87. The molecule has 0 bridgehead atoms. The van der Waals surface area contributed by atoms with Gasteiger partial charge in [0.1, 0.15) is 6.07 Å². The zero-order chi connectivity index (χ0) is 67.4. The van der Waals surface area contributed by atoms with Crippen LogP contribution >= 0.6 is 0 Å². The first-order valence-corrected chi connectivity index (χ1v) is 34.7. The summed E-state index contributed by atoms with van der Waals surface area (Å²) in [7, 11) is 0. The normalized spacial score (nSPS) is 11.7. The molecule has 0 aliphatic rings. The van der Waals surface area contributed by atoms with E-state index >= 15 is 0 Å². The second kappa shape index (κ2) is 23.7. The lowest BCUT2D eigenvalue weighted by Gasteiger charge is -2.30. The lowest BCUT2D eigenvalue weighted by Crippen LogP contribution is -2.17. The Kier molecular flexibility index (Phi) is 13.6. The van der Waals surface area contributed by atoms with Gasteiger partial charge in [-0.3, -0.25) is 0 Å². The Morgan fingerprint density at radius 3 is 0.833 bits per heavy atom. The third-order valence-corrected chi connectivity index (χ3v) is 20.8. The van der Waals surface area contributed by atoms with Crippen LogP contribution in [0.4, 0.5) is 0 Å². The van der Waals surface area contributed by atoms with Crippen molar-refractivity contribution < 1.29 is 0 Å². The first kappa shape index (κ1) is 58.3. The Balaban J connectivity index is 1.08. The molecular formula is C96H60N6. The predicted octanol–water partition coefficient (Wildman–Crippen LogP) is 25.0. The smallest absolute Gasteiger partial charge is 0.102 e. The van der Waals surface area contributed by atoms with Gasteiger partial charge in [-0.1, -0.05) is 279 Å². The molecule has 0 amide bonds. The third-order valence-electron chi connectivity index (χ3n) is 20.8. The van der Waals surface area contributed by atoms with Crippen LogP contribution in [0.5, 0.6) is 0 Å². The maximum Gasteiger partial charge on any atom is 0.102 e. The van der Waals surface area contributed by atoms with Crippen molar-refractivity contribution in [2.24, 2.45) is 0 Å². The molecule has 0 saturated heterocycles. The van der Waals surface area contributed by atoms with E-state index in [-0.39, 0.29) is 0 Å². The predicted molar refractivity (Wildman–Crippen MR) is 424 cm³/mol. The van der Waals surface area contributed by atoms with Crippen LogP contribution in [0.2, 0.25) is 0 Å². The van der Waals surface area contributed by atoms with Crippen molar-refractivity contribution in [3.8, 4) is 107 Å².